The average Bonchev–Trinajstić information content (AvgIpc) is 3.37. The Bertz CT molecular complexity index is 1440. The van der Waals surface area contributed by atoms with E-state index in [2.05, 4.69) is 75.6 Å². The molecule has 0 amide bonds. The van der Waals surface area contributed by atoms with Gasteiger partial charge in [0, 0.05) is 50.6 Å². The molecule has 0 saturated heterocycles. The Morgan fingerprint density at radius 1 is 0.714 bits per heavy atom. The zero-order valence-corrected chi connectivity index (χ0v) is 15.7. The predicted molar refractivity (Wildman–Crippen MR) is 117 cm³/mol. The second kappa shape index (κ2) is 6.01. The van der Waals surface area contributed by atoms with Gasteiger partial charge < -0.3 is 0 Å². The largest absolute Gasteiger partial charge is 0.293 e. The lowest BCUT2D eigenvalue weighted by molar-refractivity contribution is 1.08. The second-order valence-electron chi connectivity index (χ2n) is 6.79. The lowest BCUT2D eigenvalue weighted by Crippen LogP contribution is -1.97. The maximum atomic E-state index is 4.83. The van der Waals surface area contributed by atoms with Gasteiger partial charge in [0.2, 0.25) is 0 Å². The van der Waals surface area contributed by atoms with Gasteiger partial charge in [-0.3, -0.25) is 9.55 Å². The molecule has 0 aliphatic rings. The lowest BCUT2D eigenvalue weighted by Gasteiger charge is -2.09. The fourth-order valence-electron chi connectivity index (χ4n) is 3.96. The van der Waals surface area contributed by atoms with Crippen LogP contribution >= 0.6 is 11.3 Å². The molecule has 0 fully saturated rings. The van der Waals surface area contributed by atoms with Gasteiger partial charge in [0.05, 0.1) is 11.0 Å². The first-order valence-electron chi connectivity index (χ1n) is 9.16. The molecule has 28 heavy (non-hydrogen) atoms. The number of para-hydroxylation sites is 1. The van der Waals surface area contributed by atoms with Gasteiger partial charge in [0.25, 0.3) is 0 Å². The summed E-state index contributed by atoms with van der Waals surface area (Å²) in [7, 11) is 0. The summed E-state index contributed by atoms with van der Waals surface area (Å²) in [5.41, 5.74) is 4.54. The highest BCUT2D eigenvalue weighted by Crippen LogP contribution is 2.37. The molecule has 0 N–H and O–H groups in total. The van der Waals surface area contributed by atoms with Gasteiger partial charge in [-0.15, -0.1) is 11.3 Å². The van der Waals surface area contributed by atoms with Crippen LogP contribution in [0.4, 0.5) is 0 Å². The molecule has 0 radical (unpaired) electrons. The summed E-state index contributed by atoms with van der Waals surface area (Å²) in [5.74, 6) is 0.928. The third kappa shape index (κ3) is 2.22. The van der Waals surface area contributed by atoms with Crippen molar-refractivity contribution < 1.29 is 0 Å². The minimum absolute atomic E-state index is 0.928. The van der Waals surface area contributed by atoms with Crippen LogP contribution in [-0.4, -0.2) is 14.5 Å². The van der Waals surface area contributed by atoms with Crippen LogP contribution in [0.1, 0.15) is 0 Å². The SMILES string of the molecule is c1cncc(-c2ccc(-n3c4ccccc4c4ccc5sccc5c43)nc2)c1. The molecule has 3 nitrogen and oxygen atoms in total. The first-order chi connectivity index (χ1) is 13.9. The molecule has 0 spiro atoms. The number of rotatable bonds is 2. The maximum absolute atomic E-state index is 4.83. The standard InChI is InChI=1S/C24H15N3S/c1-2-6-21-18(5-1)19-8-9-22-20(11-13-28-22)24(19)27(21)23-10-7-17(15-26-23)16-4-3-12-25-14-16/h1-15H. The van der Waals surface area contributed by atoms with E-state index in [1.54, 1.807) is 17.5 Å². The molecule has 0 saturated carbocycles. The Labute approximate surface area is 165 Å². The minimum atomic E-state index is 0.928. The summed E-state index contributed by atoms with van der Waals surface area (Å²) in [6.07, 6.45) is 5.59. The minimum Gasteiger partial charge on any atom is -0.293 e. The molecule has 6 aromatic rings. The van der Waals surface area contributed by atoms with Crippen molar-refractivity contribution in [3.05, 3.63) is 90.7 Å². The van der Waals surface area contributed by atoms with Crippen molar-refractivity contribution >= 4 is 43.2 Å². The third-order valence-electron chi connectivity index (χ3n) is 5.24. The Morgan fingerprint density at radius 2 is 1.64 bits per heavy atom. The van der Waals surface area contributed by atoms with Crippen LogP contribution in [-0.2, 0) is 0 Å². The number of thiophene rings is 1. The van der Waals surface area contributed by atoms with E-state index in [-0.39, 0.29) is 0 Å². The summed E-state index contributed by atoms with van der Waals surface area (Å²) in [5, 5.41) is 5.95. The van der Waals surface area contributed by atoms with E-state index in [0.717, 1.165) is 16.9 Å². The van der Waals surface area contributed by atoms with Crippen molar-refractivity contribution in [1.29, 1.82) is 0 Å². The molecule has 0 unspecified atom stereocenters. The maximum Gasteiger partial charge on any atom is 0.137 e. The van der Waals surface area contributed by atoms with Gasteiger partial charge in [0.15, 0.2) is 0 Å². The summed E-state index contributed by atoms with van der Waals surface area (Å²) in [6, 6.07) is 23.4. The summed E-state index contributed by atoms with van der Waals surface area (Å²) in [4.78, 5) is 9.04. The van der Waals surface area contributed by atoms with E-state index in [9.17, 15) is 0 Å². The highest BCUT2D eigenvalue weighted by atomic mass is 32.1. The summed E-state index contributed by atoms with van der Waals surface area (Å²) < 4.78 is 3.58. The first kappa shape index (κ1) is 15.5. The van der Waals surface area contributed by atoms with Crippen molar-refractivity contribution in [1.82, 2.24) is 14.5 Å². The molecule has 0 bridgehead atoms. The van der Waals surface area contributed by atoms with Crippen molar-refractivity contribution in [3.63, 3.8) is 0 Å². The molecule has 0 atom stereocenters. The fraction of sp³-hybridized carbons (Fsp3) is 0. The molecule has 132 valence electrons. The first-order valence-corrected chi connectivity index (χ1v) is 10.0. The molecule has 2 aromatic carbocycles. The highest BCUT2D eigenvalue weighted by Gasteiger charge is 2.15. The number of aromatic nitrogens is 3. The Balaban J connectivity index is 1.66. The van der Waals surface area contributed by atoms with Gasteiger partial charge in [-0.2, -0.15) is 0 Å². The number of benzene rings is 2. The number of pyridine rings is 2. The Hall–Kier alpha value is -3.50. The Kier molecular flexibility index (Phi) is 3.34. The molecule has 4 aromatic heterocycles. The average molecular weight is 377 g/mol. The molecule has 0 aliphatic heterocycles. The van der Waals surface area contributed by atoms with Crippen LogP contribution in [0.2, 0.25) is 0 Å². The monoisotopic (exact) mass is 377 g/mol. The van der Waals surface area contributed by atoms with Gasteiger partial charge in [-0.1, -0.05) is 30.3 Å². The summed E-state index contributed by atoms with van der Waals surface area (Å²) >= 11 is 1.77. The quantitative estimate of drug-likeness (QED) is 0.347. The van der Waals surface area contributed by atoms with Crippen molar-refractivity contribution in [2.75, 3.05) is 0 Å². The molecule has 4 heteroatoms. The number of nitrogens with zero attached hydrogens (tertiary/aromatic N) is 3. The number of hydrogen-bond donors (Lipinski definition) is 0. The summed E-state index contributed by atoms with van der Waals surface area (Å²) in [6.45, 7) is 0. The molecule has 4 heterocycles. The van der Waals surface area contributed by atoms with Gasteiger partial charge >= 0.3 is 0 Å². The molecular weight excluding hydrogens is 362 g/mol. The van der Waals surface area contributed by atoms with Gasteiger partial charge in [-0.25, -0.2) is 4.98 Å². The Morgan fingerprint density at radius 3 is 2.50 bits per heavy atom. The van der Waals surface area contributed by atoms with Crippen molar-refractivity contribution in [3.8, 4) is 16.9 Å². The highest BCUT2D eigenvalue weighted by molar-refractivity contribution is 7.17. The van der Waals surface area contributed by atoms with Crippen LogP contribution in [0, 0.1) is 0 Å². The van der Waals surface area contributed by atoms with Crippen LogP contribution in [0.3, 0.4) is 0 Å². The van der Waals surface area contributed by atoms with Gasteiger partial charge in [-0.05, 0) is 41.8 Å². The van der Waals surface area contributed by atoms with Crippen LogP contribution in [0.25, 0.3) is 48.8 Å². The lowest BCUT2D eigenvalue weighted by atomic mass is 10.1. The zero-order valence-electron chi connectivity index (χ0n) is 14.9. The van der Waals surface area contributed by atoms with Crippen LogP contribution in [0.15, 0.2) is 90.7 Å². The predicted octanol–water partition coefficient (Wildman–Crippen LogP) is 6.46. The van der Waals surface area contributed by atoms with Crippen molar-refractivity contribution in [2.45, 2.75) is 0 Å². The van der Waals surface area contributed by atoms with E-state index in [1.807, 2.05) is 18.5 Å². The topological polar surface area (TPSA) is 30.7 Å². The van der Waals surface area contributed by atoms with E-state index < -0.39 is 0 Å². The smallest absolute Gasteiger partial charge is 0.137 e. The number of hydrogen-bond acceptors (Lipinski definition) is 3. The molecular formula is C24H15N3S. The van der Waals surface area contributed by atoms with Crippen molar-refractivity contribution in [2.24, 2.45) is 0 Å². The second-order valence-corrected chi connectivity index (χ2v) is 7.74. The van der Waals surface area contributed by atoms with E-state index >= 15 is 0 Å². The zero-order chi connectivity index (χ0) is 18.5. The van der Waals surface area contributed by atoms with Gasteiger partial charge in [0.1, 0.15) is 5.82 Å². The van der Waals surface area contributed by atoms with E-state index in [1.165, 1.54) is 31.9 Å². The molecule has 6 rings (SSSR count). The third-order valence-corrected chi connectivity index (χ3v) is 6.12. The van der Waals surface area contributed by atoms with E-state index in [0.29, 0.717) is 0 Å². The van der Waals surface area contributed by atoms with Crippen LogP contribution in [0.5, 0.6) is 0 Å². The molecule has 0 aliphatic carbocycles. The fourth-order valence-corrected chi connectivity index (χ4v) is 4.75. The van der Waals surface area contributed by atoms with E-state index in [4.69, 9.17) is 4.98 Å². The number of fused-ring (bicyclic) bond motifs is 5. The van der Waals surface area contributed by atoms with Crippen LogP contribution < -0.4 is 0 Å². The normalized spacial score (nSPS) is 11.6.